The first-order valence-electron chi connectivity index (χ1n) is 3.73. The van der Waals surface area contributed by atoms with Gasteiger partial charge in [0.15, 0.2) is 5.75 Å². The van der Waals surface area contributed by atoms with Crippen LogP contribution in [0, 0.1) is 10.1 Å². The van der Waals surface area contributed by atoms with Crippen molar-refractivity contribution in [3.8, 4) is 5.75 Å². The summed E-state index contributed by atoms with van der Waals surface area (Å²) in [6, 6.07) is 4.46. The number of hydrogen-bond acceptors (Lipinski definition) is 3. The molecule has 1 aromatic carbocycles. The molecule has 0 radical (unpaired) electrons. The number of para-hydroxylation sites is 1. The van der Waals surface area contributed by atoms with Crippen molar-refractivity contribution in [1.82, 2.24) is 0 Å². The Morgan fingerprint density at radius 2 is 2.31 bits per heavy atom. The van der Waals surface area contributed by atoms with Gasteiger partial charge in [-0.3, -0.25) is 10.1 Å². The summed E-state index contributed by atoms with van der Waals surface area (Å²) in [6.45, 7) is 3.48. The van der Waals surface area contributed by atoms with Gasteiger partial charge in [0, 0.05) is 5.56 Å². The first-order valence-corrected chi connectivity index (χ1v) is 3.73. The maximum Gasteiger partial charge on any atom is 0.314 e. The third kappa shape index (κ3) is 1.84. The number of allylic oxidation sites excluding steroid dienone is 1. The minimum Gasteiger partial charge on any atom is -0.502 e. The van der Waals surface area contributed by atoms with Crippen LogP contribution < -0.4 is 0 Å². The van der Waals surface area contributed by atoms with Crippen LogP contribution in [0.25, 0.3) is 0 Å². The highest BCUT2D eigenvalue weighted by atomic mass is 16.6. The van der Waals surface area contributed by atoms with Crippen molar-refractivity contribution < 1.29 is 10.0 Å². The molecule has 0 atom stereocenters. The van der Waals surface area contributed by atoms with E-state index < -0.39 is 4.92 Å². The topological polar surface area (TPSA) is 63.4 Å². The summed E-state index contributed by atoms with van der Waals surface area (Å²) in [5.41, 5.74) is 0.238. The number of aromatic hydroxyl groups is 1. The Kier molecular flexibility index (Phi) is 2.64. The zero-order chi connectivity index (χ0) is 9.84. The molecule has 0 unspecified atom stereocenters. The van der Waals surface area contributed by atoms with Crippen molar-refractivity contribution in [2.24, 2.45) is 0 Å². The SMILES string of the molecule is C=CCc1cccc(O)c1[N+](=O)[O-]. The molecule has 0 heterocycles. The zero-order valence-electron chi connectivity index (χ0n) is 6.93. The fourth-order valence-electron chi connectivity index (χ4n) is 1.11. The third-order valence-electron chi connectivity index (χ3n) is 1.65. The zero-order valence-corrected chi connectivity index (χ0v) is 6.93. The number of phenols is 1. The van der Waals surface area contributed by atoms with Crippen LogP contribution in [-0.4, -0.2) is 10.0 Å². The highest BCUT2D eigenvalue weighted by molar-refractivity contribution is 5.52. The molecular formula is C9H9NO3. The number of hydrogen-bond donors (Lipinski definition) is 1. The number of benzene rings is 1. The van der Waals surface area contributed by atoms with E-state index in [1.807, 2.05) is 0 Å². The molecule has 0 aliphatic carbocycles. The summed E-state index contributed by atoms with van der Waals surface area (Å²) in [4.78, 5) is 9.94. The van der Waals surface area contributed by atoms with E-state index >= 15 is 0 Å². The molecule has 0 aliphatic rings. The van der Waals surface area contributed by atoms with Gasteiger partial charge in [0.2, 0.25) is 0 Å². The maximum atomic E-state index is 10.5. The molecule has 0 aliphatic heterocycles. The van der Waals surface area contributed by atoms with Crippen molar-refractivity contribution >= 4 is 5.69 Å². The molecule has 4 heteroatoms. The lowest BCUT2D eigenvalue weighted by atomic mass is 10.1. The average molecular weight is 179 g/mol. The van der Waals surface area contributed by atoms with Gasteiger partial charge in [-0.05, 0) is 12.5 Å². The molecule has 0 bridgehead atoms. The Labute approximate surface area is 75.3 Å². The molecule has 1 N–H and O–H groups in total. The van der Waals surface area contributed by atoms with Gasteiger partial charge in [-0.15, -0.1) is 6.58 Å². The highest BCUT2D eigenvalue weighted by Crippen LogP contribution is 2.29. The quantitative estimate of drug-likeness (QED) is 0.438. The van der Waals surface area contributed by atoms with Crippen LogP contribution in [0.4, 0.5) is 5.69 Å². The average Bonchev–Trinajstić information content (AvgIpc) is 2.04. The third-order valence-corrected chi connectivity index (χ3v) is 1.65. The molecule has 68 valence electrons. The normalized spacial score (nSPS) is 9.54. The van der Waals surface area contributed by atoms with E-state index in [0.29, 0.717) is 12.0 Å². The lowest BCUT2D eigenvalue weighted by Gasteiger charge is -2.00. The van der Waals surface area contributed by atoms with Crippen molar-refractivity contribution in [2.45, 2.75) is 6.42 Å². The minimum absolute atomic E-state index is 0.234. The molecule has 1 aromatic rings. The molecule has 13 heavy (non-hydrogen) atoms. The number of rotatable bonds is 3. The Morgan fingerprint density at radius 1 is 1.62 bits per heavy atom. The standard InChI is InChI=1S/C9H9NO3/c1-2-4-7-5-3-6-8(11)9(7)10(12)13/h2-3,5-6,11H,1,4H2. The molecule has 4 nitrogen and oxygen atoms in total. The minimum atomic E-state index is -0.589. The van der Waals surface area contributed by atoms with Crippen LogP contribution in [0.1, 0.15) is 5.56 Å². The van der Waals surface area contributed by atoms with Crippen molar-refractivity contribution in [1.29, 1.82) is 0 Å². The Morgan fingerprint density at radius 3 is 2.85 bits per heavy atom. The fraction of sp³-hybridized carbons (Fsp3) is 0.111. The van der Waals surface area contributed by atoms with Gasteiger partial charge in [0.05, 0.1) is 4.92 Å². The predicted octanol–water partition coefficient (Wildman–Crippen LogP) is 2.03. The second-order valence-electron chi connectivity index (χ2n) is 2.53. The van der Waals surface area contributed by atoms with Gasteiger partial charge in [-0.2, -0.15) is 0 Å². The first-order chi connectivity index (χ1) is 6.16. The van der Waals surface area contributed by atoms with Gasteiger partial charge in [-0.25, -0.2) is 0 Å². The van der Waals surface area contributed by atoms with Crippen LogP contribution in [0.2, 0.25) is 0 Å². The van der Waals surface area contributed by atoms with Gasteiger partial charge < -0.3 is 5.11 Å². The molecule has 0 aromatic heterocycles. The number of nitro groups is 1. The monoisotopic (exact) mass is 179 g/mol. The van der Waals surface area contributed by atoms with E-state index in [4.69, 9.17) is 0 Å². The van der Waals surface area contributed by atoms with E-state index in [1.165, 1.54) is 6.07 Å². The number of nitro benzene ring substituents is 1. The smallest absolute Gasteiger partial charge is 0.314 e. The predicted molar refractivity (Wildman–Crippen MR) is 48.7 cm³/mol. The van der Waals surface area contributed by atoms with Crippen LogP contribution in [0.3, 0.4) is 0 Å². The summed E-state index contributed by atoms with van der Waals surface area (Å²) in [6.07, 6.45) is 1.94. The molecule has 0 saturated carbocycles. The molecule has 0 amide bonds. The van der Waals surface area contributed by atoms with Gasteiger partial charge in [-0.1, -0.05) is 18.2 Å². The van der Waals surface area contributed by atoms with Crippen LogP contribution in [0.15, 0.2) is 30.9 Å². The lowest BCUT2D eigenvalue weighted by molar-refractivity contribution is -0.386. The Hall–Kier alpha value is -1.84. The van der Waals surface area contributed by atoms with Crippen LogP contribution in [-0.2, 0) is 6.42 Å². The molecule has 0 saturated heterocycles. The van der Waals surface area contributed by atoms with Crippen LogP contribution >= 0.6 is 0 Å². The molecular weight excluding hydrogens is 170 g/mol. The van der Waals surface area contributed by atoms with E-state index in [1.54, 1.807) is 18.2 Å². The van der Waals surface area contributed by atoms with Crippen molar-refractivity contribution in [2.75, 3.05) is 0 Å². The summed E-state index contributed by atoms with van der Waals surface area (Å²) in [7, 11) is 0. The highest BCUT2D eigenvalue weighted by Gasteiger charge is 2.17. The summed E-state index contributed by atoms with van der Waals surface area (Å²) in [5.74, 6) is -0.302. The Balaban J connectivity index is 3.25. The van der Waals surface area contributed by atoms with Gasteiger partial charge in [0.1, 0.15) is 0 Å². The summed E-state index contributed by atoms with van der Waals surface area (Å²) < 4.78 is 0. The summed E-state index contributed by atoms with van der Waals surface area (Å²) in [5, 5.41) is 19.7. The Bertz CT molecular complexity index is 347. The largest absolute Gasteiger partial charge is 0.502 e. The molecule has 1 rings (SSSR count). The number of phenolic OH excluding ortho intramolecular Hbond substituents is 1. The van der Waals surface area contributed by atoms with Crippen LogP contribution in [0.5, 0.6) is 5.75 Å². The summed E-state index contributed by atoms with van der Waals surface area (Å²) >= 11 is 0. The fourth-order valence-corrected chi connectivity index (χ4v) is 1.11. The van der Waals surface area contributed by atoms with E-state index in [9.17, 15) is 15.2 Å². The number of nitrogens with zero attached hydrogens (tertiary/aromatic N) is 1. The lowest BCUT2D eigenvalue weighted by Crippen LogP contribution is -1.94. The van der Waals surface area contributed by atoms with E-state index in [2.05, 4.69) is 6.58 Å². The van der Waals surface area contributed by atoms with E-state index in [0.717, 1.165) is 0 Å². The first kappa shape index (κ1) is 9.25. The second kappa shape index (κ2) is 3.71. The van der Waals surface area contributed by atoms with E-state index in [-0.39, 0.29) is 11.4 Å². The van der Waals surface area contributed by atoms with Crippen molar-refractivity contribution in [3.63, 3.8) is 0 Å². The molecule has 0 spiro atoms. The maximum absolute atomic E-state index is 10.5. The van der Waals surface area contributed by atoms with Gasteiger partial charge >= 0.3 is 5.69 Å². The second-order valence-corrected chi connectivity index (χ2v) is 2.53. The molecule has 0 fully saturated rings. The van der Waals surface area contributed by atoms with Crippen molar-refractivity contribution in [3.05, 3.63) is 46.5 Å². The van der Waals surface area contributed by atoms with Gasteiger partial charge in [0.25, 0.3) is 0 Å².